The quantitative estimate of drug-likeness (QED) is 0.433. The lowest BCUT2D eigenvalue weighted by molar-refractivity contribution is 0.262. The predicted molar refractivity (Wildman–Crippen MR) is 114 cm³/mol. The van der Waals surface area contributed by atoms with Gasteiger partial charge in [0.05, 0.1) is 12.5 Å². The Bertz CT molecular complexity index is 1240. The molecule has 0 saturated carbocycles. The van der Waals surface area contributed by atoms with E-state index < -0.39 is 6.03 Å². The standard InChI is InChI=1S/C22H19FN4O3/c1-12-11-15(7-9-17(12)23)26-22(28)25-14-5-3-13(4-6-14)16-8-10-18(29-2)20-19(16)21(24)30-27-20/h3-11H,24H2,1-2H3,(H2,25,26,28). The zero-order valence-corrected chi connectivity index (χ0v) is 16.3. The Labute approximate surface area is 171 Å². The average molecular weight is 406 g/mol. The number of rotatable bonds is 4. The fourth-order valence-corrected chi connectivity index (χ4v) is 3.21. The van der Waals surface area contributed by atoms with Crippen LogP contribution in [0.3, 0.4) is 0 Å². The van der Waals surface area contributed by atoms with Gasteiger partial charge in [-0.15, -0.1) is 0 Å². The molecule has 4 rings (SSSR count). The zero-order chi connectivity index (χ0) is 21.3. The van der Waals surface area contributed by atoms with Crippen LogP contribution in [0.1, 0.15) is 5.56 Å². The van der Waals surface area contributed by atoms with Gasteiger partial charge in [0.25, 0.3) is 0 Å². The van der Waals surface area contributed by atoms with Gasteiger partial charge in [-0.25, -0.2) is 9.18 Å². The highest BCUT2D eigenvalue weighted by atomic mass is 19.1. The molecule has 0 saturated heterocycles. The normalized spacial score (nSPS) is 10.8. The number of halogens is 1. The maximum absolute atomic E-state index is 13.4. The number of nitrogens with one attached hydrogen (secondary N) is 2. The number of nitrogens with two attached hydrogens (primary N) is 1. The predicted octanol–water partition coefficient (Wildman–Crippen LogP) is 5.18. The minimum atomic E-state index is -0.427. The summed E-state index contributed by atoms with van der Waals surface area (Å²) in [6, 6.07) is 14.9. The molecule has 0 spiro atoms. The van der Waals surface area contributed by atoms with Gasteiger partial charge in [-0.3, -0.25) is 0 Å². The molecule has 4 aromatic rings. The Kier molecular flexibility index (Phi) is 4.97. The summed E-state index contributed by atoms with van der Waals surface area (Å²) >= 11 is 0. The molecule has 0 aliphatic heterocycles. The van der Waals surface area contributed by atoms with Crippen molar-refractivity contribution in [1.29, 1.82) is 0 Å². The number of urea groups is 1. The maximum Gasteiger partial charge on any atom is 0.323 e. The number of aryl methyl sites for hydroxylation is 1. The number of nitrogen functional groups attached to an aromatic ring is 1. The summed E-state index contributed by atoms with van der Waals surface area (Å²) in [5, 5.41) is 10.1. The summed E-state index contributed by atoms with van der Waals surface area (Å²) in [4.78, 5) is 12.2. The first-order valence-electron chi connectivity index (χ1n) is 9.12. The summed E-state index contributed by atoms with van der Waals surface area (Å²) in [6.07, 6.45) is 0. The first kappa shape index (κ1) is 19.3. The van der Waals surface area contributed by atoms with Gasteiger partial charge in [0, 0.05) is 11.4 Å². The van der Waals surface area contributed by atoms with Gasteiger partial charge in [0.1, 0.15) is 11.6 Å². The summed E-state index contributed by atoms with van der Waals surface area (Å²) in [5.74, 6) is 0.452. The van der Waals surface area contributed by atoms with Gasteiger partial charge < -0.3 is 25.6 Å². The second-order valence-corrected chi connectivity index (χ2v) is 6.71. The molecule has 0 unspecified atom stereocenters. The van der Waals surface area contributed by atoms with Gasteiger partial charge in [0.15, 0.2) is 5.52 Å². The van der Waals surface area contributed by atoms with E-state index in [2.05, 4.69) is 15.8 Å². The second kappa shape index (κ2) is 7.75. The Morgan fingerprint density at radius 2 is 1.77 bits per heavy atom. The molecule has 0 aliphatic carbocycles. The molecule has 0 atom stereocenters. The monoisotopic (exact) mass is 406 g/mol. The highest BCUT2D eigenvalue weighted by molar-refractivity contribution is 6.04. The van der Waals surface area contributed by atoms with Crippen LogP contribution in [0.25, 0.3) is 22.0 Å². The molecule has 30 heavy (non-hydrogen) atoms. The smallest absolute Gasteiger partial charge is 0.323 e. The minimum absolute atomic E-state index is 0.204. The van der Waals surface area contributed by atoms with E-state index in [-0.39, 0.29) is 11.7 Å². The van der Waals surface area contributed by atoms with Crippen molar-refractivity contribution in [2.75, 3.05) is 23.5 Å². The number of nitrogens with zero attached hydrogens (tertiary/aromatic N) is 1. The van der Waals surface area contributed by atoms with Gasteiger partial charge in [-0.2, -0.15) is 0 Å². The number of carbonyl (C=O) groups excluding carboxylic acids is 1. The second-order valence-electron chi connectivity index (χ2n) is 6.71. The molecule has 4 N–H and O–H groups in total. The fraction of sp³-hybridized carbons (Fsp3) is 0.0909. The van der Waals surface area contributed by atoms with Gasteiger partial charge in [-0.1, -0.05) is 17.3 Å². The molecule has 1 aromatic heterocycles. The summed E-state index contributed by atoms with van der Waals surface area (Å²) in [5.41, 5.74) is 9.76. The van der Waals surface area contributed by atoms with Gasteiger partial charge >= 0.3 is 6.03 Å². The van der Waals surface area contributed by atoms with E-state index in [4.69, 9.17) is 15.0 Å². The van der Waals surface area contributed by atoms with E-state index in [1.165, 1.54) is 12.1 Å². The molecular weight excluding hydrogens is 387 g/mol. The first-order chi connectivity index (χ1) is 14.5. The van der Waals surface area contributed by atoms with E-state index in [9.17, 15) is 9.18 Å². The van der Waals surface area contributed by atoms with E-state index in [1.807, 2.05) is 18.2 Å². The topological polar surface area (TPSA) is 102 Å². The average Bonchev–Trinajstić information content (AvgIpc) is 3.13. The molecule has 2 amide bonds. The molecule has 0 bridgehead atoms. The van der Waals surface area contributed by atoms with Crippen LogP contribution in [0.4, 0.5) is 26.4 Å². The number of anilines is 3. The van der Waals surface area contributed by atoms with Crippen LogP contribution < -0.4 is 21.1 Å². The lowest BCUT2D eigenvalue weighted by atomic mass is 10.0. The van der Waals surface area contributed by atoms with E-state index in [0.29, 0.717) is 33.6 Å². The summed E-state index contributed by atoms with van der Waals surface area (Å²) < 4.78 is 23.8. The Hall–Kier alpha value is -4.07. The van der Waals surface area contributed by atoms with Crippen LogP contribution >= 0.6 is 0 Å². The van der Waals surface area contributed by atoms with Crippen LogP contribution in [0, 0.1) is 12.7 Å². The lowest BCUT2D eigenvalue weighted by Crippen LogP contribution is -2.19. The number of hydrogen-bond acceptors (Lipinski definition) is 5. The summed E-state index contributed by atoms with van der Waals surface area (Å²) in [6.45, 7) is 1.63. The number of amides is 2. The molecule has 3 aromatic carbocycles. The Morgan fingerprint density at radius 1 is 1.07 bits per heavy atom. The van der Waals surface area contributed by atoms with Crippen molar-refractivity contribution in [3.8, 4) is 16.9 Å². The van der Waals surface area contributed by atoms with Crippen molar-refractivity contribution in [3.05, 3.63) is 66.0 Å². The van der Waals surface area contributed by atoms with Gasteiger partial charge in [-0.05, 0) is 66.1 Å². The van der Waals surface area contributed by atoms with E-state index >= 15 is 0 Å². The number of fused-ring (bicyclic) bond motifs is 1. The van der Waals surface area contributed by atoms with Crippen LogP contribution in [-0.2, 0) is 0 Å². The molecule has 0 aliphatic rings. The third-order valence-electron chi connectivity index (χ3n) is 4.71. The van der Waals surface area contributed by atoms with Crippen LogP contribution in [-0.4, -0.2) is 18.3 Å². The number of carbonyl (C=O) groups is 1. The van der Waals surface area contributed by atoms with Crippen molar-refractivity contribution < 1.29 is 18.4 Å². The molecule has 0 fully saturated rings. The van der Waals surface area contributed by atoms with Crippen molar-refractivity contribution in [2.24, 2.45) is 0 Å². The number of ether oxygens (including phenoxy) is 1. The van der Waals surface area contributed by atoms with Crippen molar-refractivity contribution in [1.82, 2.24) is 5.16 Å². The first-order valence-corrected chi connectivity index (χ1v) is 9.12. The largest absolute Gasteiger partial charge is 0.494 e. The molecule has 7 nitrogen and oxygen atoms in total. The fourth-order valence-electron chi connectivity index (χ4n) is 3.21. The Balaban J connectivity index is 1.53. The van der Waals surface area contributed by atoms with Crippen molar-refractivity contribution in [2.45, 2.75) is 6.92 Å². The lowest BCUT2D eigenvalue weighted by Gasteiger charge is -2.10. The number of aromatic nitrogens is 1. The van der Waals surface area contributed by atoms with Crippen LogP contribution in [0.5, 0.6) is 5.75 Å². The van der Waals surface area contributed by atoms with Crippen LogP contribution in [0.2, 0.25) is 0 Å². The zero-order valence-electron chi connectivity index (χ0n) is 16.3. The number of methoxy groups -OCH3 is 1. The third-order valence-corrected chi connectivity index (χ3v) is 4.71. The van der Waals surface area contributed by atoms with E-state index in [0.717, 1.165) is 11.1 Å². The molecule has 0 radical (unpaired) electrons. The van der Waals surface area contributed by atoms with Gasteiger partial charge in [0.2, 0.25) is 5.88 Å². The highest BCUT2D eigenvalue weighted by Crippen LogP contribution is 2.37. The van der Waals surface area contributed by atoms with Crippen LogP contribution in [0.15, 0.2) is 59.1 Å². The van der Waals surface area contributed by atoms with E-state index in [1.54, 1.807) is 38.3 Å². The summed E-state index contributed by atoms with van der Waals surface area (Å²) in [7, 11) is 1.55. The minimum Gasteiger partial charge on any atom is -0.494 e. The molecular formula is C22H19FN4O3. The van der Waals surface area contributed by atoms with Crippen molar-refractivity contribution >= 4 is 34.2 Å². The molecule has 1 heterocycles. The number of benzene rings is 3. The number of hydrogen-bond donors (Lipinski definition) is 3. The SMILES string of the molecule is COc1ccc(-c2ccc(NC(=O)Nc3ccc(F)c(C)c3)cc2)c2c(N)onc12. The highest BCUT2D eigenvalue weighted by Gasteiger charge is 2.16. The molecule has 152 valence electrons. The van der Waals surface area contributed by atoms with Crippen molar-refractivity contribution in [3.63, 3.8) is 0 Å². The molecule has 8 heteroatoms. The third kappa shape index (κ3) is 3.62. The Morgan fingerprint density at radius 3 is 2.47 bits per heavy atom. The maximum atomic E-state index is 13.4.